The Morgan fingerprint density at radius 3 is 2.42 bits per heavy atom. The molecule has 0 amide bonds. The normalized spacial score (nSPS) is 14.8. The van der Waals surface area contributed by atoms with E-state index in [1.807, 2.05) is 0 Å². The minimum atomic E-state index is 0.501. The van der Waals surface area contributed by atoms with Gasteiger partial charge in [-0.25, -0.2) is 4.99 Å². The van der Waals surface area contributed by atoms with Crippen LogP contribution in [0.5, 0.6) is 0 Å². The van der Waals surface area contributed by atoms with Gasteiger partial charge in [0.15, 0.2) is 5.84 Å². The number of nitrogens with zero attached hydrogens (tertiary/aromatic N) is 5. The molecule has 0 N–H and O–H groups in total. The molecule has 130 valence electrons. The molecule has 0 unspecified atom stereocenters. The van der Waals surface area contributed by atoms with Gasteiger partial charge in [0.25, 0.3) is 5.95 Å². The largest absolute Gasteiger partial charge is 0.260 e. The Hall–Kier alpha value is -3.08. The molecule has 0 bridgehead atoms. The average molecular weight is 343 g/mol. The molecule has 0 saturated heterocycles. The van der Waals surface area contributed by atoms with Crippen molar-refractivity contribution in [3.63, 3.8) is 0 Å². The summed E-state index contributed by atoms with van der Waals surface area (Å²) >= 11 is 0. The molecule has 1 aromatic heterocycles. The van der Waals surface area contributed by atoms with Crippen LogP contribution in [0, 0.1) is 6.92 Å². The van der Waals surface area contributed by atoms with E-state index in [2.05, 4.69) is 84.4 Å². The number of hydrogen-bond donors (Lipinski definition) is 0. The zero-order valence-electron chi connectivity index (χ0n) is 15.2. The smallest absolute Gasteiger partial charge is 0.254 e. The first-order valence-electron chi connectivity index (χ1n) is 8.81. The van der Waals surface area contributed by atoms with E-state index in [1.54, 1.807) is 4.68 Å². The van der Waals surface area contributed by atoms with Gasteiger partial charge < -0.3 is 0 Å². The summed E-state index contributed by atoms with van der Waals surface area (Å²) in [6.07, 6.45) is 1.51. The number of rotatable bonds is 4. The Labute approximate surface area is 153 Å². The molecule has 0 fully saturated rings. The van der Waals surface area contributed by atoms with Crippen molar-refractivity contribution in [2.75, 3.05) is 0 Å². The lowest BCUT2D eigenvalue weighted by atomic mass is 10.00. The summed E-state index contributed by atoms with van der Waals surface area (Å²) in [7, 11) is 0. The topological polar surface area (TPSA) is 55.4 Å². The van der Waals surface area contributed by atoms with E-state index in [0.29, 0.717) is 18.4 Å². The quantitative estimate of drug-likeness (QED) is 0.709. The third-order valence-corrected chi connectivity index (χ3v) is 4.54. The summed E-state index contributed by atoms with van der Waals surface area (Å²) in [6, 6.07) is 16.9. The van der Waals surface area contributed by atoms with Gasteiger partial charge in [0.1, 0.15) is 12.0 Å². The lowest BCUT2D eigenvalue weighted by molar-refractivity contribution is 0.866. The van der Waals surface area contributed by atoms with Gasteiger partial charge in [0, 0.05) is 5.56 Å². The maximum atomic E-state index is 4.80. The fraction of sp³-hybridized carbons (Fsp3) is 0.238. The molecule has 5 heteroatoms. The van der Waals surface area contributed by atoms with Crippen molar-refractivity contribution < 1.29 is 0 Å². The SMILES string of the molecule is Cc1ccc(CN=C2C(c3ccc(C(C)C)cc3)=Nc3ncnn32)cc1. The molecule has 2 heterocycles. The summed E-state index contributed by atoms with van der Waals surface area (Å²) < 4.78 is 1.71. The van der Waals surface area contributed by atoms with Gasteiger partial charge in [-0.05, 0) is 24.0 Å². The predicted octanol–water partition coefficient (Wildman–Crippen LogP) is 4.29. The van der Waals surface area contributed by atoms with Crippen LogP contribution in [-0.2, 0) is 6.54 Å². The summed E-state index contributed by atoms with van der Waals surface area (Å²) in [5.74, 6) is 1.83. The Balaban J connectivity index is 1.67. The van der Waals surface area contributed by atoms with E-state index in [-0.39, 0.29) is 0 Å². The number of aliphatic imine (C=N–C) groups is 2. The van der Waals surface area contributed by atoms with E-state index in [0.717, 1.165) is 22.7 Å². The zero-order valence-corrected chi connectivity index (χ0v) is 15.2. The van der Waals surface area contributed by atoms with Crippen molar-refractivity contribution >= 4 is 17.5 Å². The van der Waals surface area contributed by atoms with Crippen LogP contribution in [0.3, 0.4) is 0 Å². The van der Waals surface area contributed by atoms with Crippen LogP contribution < -0.4 is 0 Å². The number of aryl methyl sites for hydroxylation is 1. The maximum absolute atomic E-state index is 4.80. The number of benzene rings is 2. The fourth-order valence-corrected chi connectivity index (χ4v) is 2.93. The van der Waals surface area contributed by atoms with Crippen molar-refractivity contribution in [2.45, 2.75) is 33.2 Å². The van der Waals surface area contributed by atoms with Crippen LogP contribution in [0.2, 0.25) is 0 Å². The highest BCUT2D eigenvalue weighted by molar-refractivity contribution is 6.50. The first-order valence-corrected chi connectivity index (χ1v) is 8.81. The highest BCUT2D eigenvalue weighted by Crippen LogP contribution is 2.22. The van der Waals surface area contributed by atoms with Crippen molar-refractivity contribution in [2.24, 2.45) is 9.98 Å². The van der Waals surface area contributed by atoms with E-state index < -0.39 is 0 Å². The molecule has 26 heavy (non-hydrogen) atoms. The highest BCUT2D eigenvalue weighted by atomic mass is 15.4. The minimum Gasteiger partial charge on any atom is -0.260 e. The first kappa shape index (κ1) is 16.4. The Bertz CT molecular complexity index is 976. The van der Waals surface area contributed by atoms with Crippen molar-refractivity contribution in [1.82, 2.24) is 14.8 Å². The van der Waals surface area contributed by atoms with Gasteiger partial charge in [-0.1, -0.05) is 67.9 Å². The molecule has 4 rings (SSSR count). The van der Waals surface area contributed by atoms with Crippen LogP contribution in [0.15, 0.2) is 64.8 Å². The highest BCUT2D eigenvalue weighted by Gasteiger charge is 2.25. The molecule has 1 aliphatic rings. The summed E-state index contributed by atoms with van der Waals surface area (Å²) in [6.45, 7) is 7.05. The van der Waals surface area contributed by atoms with Crippen LogP contribution in [-0.4, -0.2) is 26.3 Å². The Kier molecular flexibility index (Phi) is 4.21. The monoisotopic (exact) mass is 343 g/mol. The van der Waals surface area contributed by atoms with Crippen molar-refractivity contribution in [3.8, 4) is 0 Å². The molecule has 0 spiro atoms. The molecule has 1 aliphatic heterocycles. The maximum Gasteiger partial charge on any atom is 0.254 e. The lowest BCUT2D eigenvalue weighted by Gasteiger charge is -2.08. The van der Waals surface area contributed by atoms with Crippen molar-refractivity contribution in [3.05, 3.63) is 77.1 Å². The standard InChI is InChI=1S/C21H21N5/c1-14(2)17-8-10-18(11-9-17)19-20(26-21(25-19)23-13-24-26)22-12-16-6-4-15(3)5-7-16/h4-11,13-14H,12H2,1-3H3. The second kappa shape index (κ2) is 6.67. The van der Waals surface area contributed by atoms with E-state index >= 15 is 0 Å². The molecule has 0 aliphatic carbocycles. The van der Waals surface area contributed by atoms with E-state index in [4.69, 9.17) is 4.99 Å². The zero-order chi connectivity index (χ0) is 18.1. The van der Waals surface area contributed by atoms with E-state index in [1.165, 1.54) is 17.5 Å². The van der Waals surface area contributed by atoms with Gasteiger partial charge in [-0.3, -0.25) is 4.99 Å². The number of hydrogen-bond acceptors (Lipinski definition) is 4. The van der Waals surface area contributed by atoms with Gasteiger partial charge in [-0.2, -0.15) is 14.8 Å². The molecule has 0 radical (unpaired) electrons. The van der Waals surface area contributed by atoms with Crippen LogP contribution in [0.4, 0.5) is 5.95 Å². The molecular formula is C21H21N5. The van der Waals surface area contributed by atoms with E-state index in [9.17, 15) is 0 Å². The summed E-state index contributed by atoms with van der Waals surface area (Å²) in [4.78, 5) is 13.7. The fourth-order valence-electron chi connectivity index (χ4n) is 2.93. The van der Waals surface area contributed by atoms with Crippen LogP contribution >= 0.6 is 0 Å². The third-order valence-electron chi connectivity index (χ3n) is 4.54. The number of fused-ring (bicyclic) bond motifs is 1. The van der Waals surface area contributed by atoms with Gasteiger partial charge in [0.2, 0.25) is 0 Å². The second-order valence-electron chi connectivity index (χ2n) is 6.83. The molecule has 3 aromatic rings. The molecule has 2 aromatic carbocycles. The van der Waals surface area contributed by atoms with Gasteiger partial charge in [-0.15, -0.1) is 0 Å². The van der Waals surface area contributed by atoms with Crippen molar-refractivity contribution in [1.29, 1.82) is 0 Å². The first-order chi connectivity index (χ1) is 12.6. The third kappa shape index (κ3) is 3.08. The predicted molar refractivity (Wildman–Crippen MR) is 104 cm³/mol. The van der Waals surface area contributed by atoms with Crippen LogP contribution in [0.1, 0.15) is 42.0 Å². The molecule has 0 saturated carbocycles. The lowest BCUT2D eigenvalue weighted by Crippen LogP contribution is -2.20. The summed E-state index contributed by atoms with van der Waals surface area (Å²) in [5, 5.41) is 4.29. The minimum absolute atomic E-state index is 0.501. The summed E-state index contributed by atoms with van der Waals surface area (Å²) in [5.41, 5.74) is 5.56. The van der Waals surface area contributed by atoms with Gasteiger partial charge in [0.05, 0.1) is 6.54 Å². The van der Waals surface area contributed by atoms with Gasteiger partial charge >= 0.3 is 0 Å². The molecular weight excluding hydrogens is 322 g/mol. The molecule has 0 atom stereocenters. The average Bonchev–Trinajstić information content (AvgIpc) is 3.23. The Morgan fingerprint density at radius 2 is 1.73 bits per heavy atom. The molecule has 5 nitrogen and oxygen atoms in total. The second-order valence-corrected chi connectivity index (χ2v) is 6.83. The van der Waals surface area contributed by atoms with Crippen LogP contribution in [0.25, 0.3) is 0 Å². The Morgan fingerprint density at radius 1 is 1.00 bits per heavy atom. The number of aromatic nitrogens is 3.